The Morgan fingerprint density at radius 3 is 1.61 bits per heavy atom. The van der Waals surface area contributed by atoms with Gasteiger partial charge in [0.1, 0.15) is 11.2 Å². The fourth-order valence-electron chi connectivity index (χ4n) is 9.93. The number of hydrogen-bond donors (Lipinski definition) is 0. The molecule has 0 N–H and O–H groups in total. The summed E-state index contributed by atoms with van der Waals surface area (Å²) in [7, 11) is 0. The molecule has 0 fully saturated rings. The minimum atomic E-state index is 0.901. The Labute approximate surface area is 328 Å². The van der Waals surface area contributed by atoms with Gasteiger partial charge in [0.2, 0.25) is 0 Å². The van der Waals surface area contributed by atoms with E-state index in [1.165, 1.54) is 97.7 Å². The second-order valence-corrected chi connectivity index (χ2v) is 15.6. The average molecular weight is 721 g/mol. The molecule has 1 aromatic heterocycles. The Morgan fingerprint density at radius 1 is 0.263 bits per heavy atom. The molecular formula is C56H32O. The molecule has 0 saturated heterocycles. The lowest BCUT2D eigenvalue weighted by Gasteiger charge is -2.16. The molecule has 0 bridgehead atoms. The number of fused-ring (bicyclic) bond motifs is 8. The maximum Gasteiger partial charge on any atom is 0.143 e. The van der Waals surface area contributed by atoms with E-state index in [1.807, 2.05) is 0 Å². The first kappa shape index (κ1) is 30.8. The van der Waals surface area contributed by atoms with Gasteiger partial charge in [0, 0.05) is 21.9 Å². The van der Waals surface area contributed by atoms with E-state index in [2.05, 4.69) is 194 Å². The van der Waals surface area contributed by atoms with Gasteiger partial charge in [0.15, 0.2) is 0 Å². The zero-order valence-electron chi connectivity index (χ0n) is 30.9. The lowest BCUT2D eigenvalue weighted by atomic mass is 9.87. The molecule has 262 valence electrons. The van der Waals surface area contributed by atoms with Crippen LogP contribution in [0.25, 0.3) is 131 Å². The van der Waals surface area contributed by atoms with E-state index in [4.69, 9.17) is 4.42 Å². The summed E-state index contributed by atoms with van der Waals surface area (Å²) in [5.74, 6) is 0. The number of furan rings is 1. The van der Waals surface area contributed by atoms with E-state index in [9.17, 15) is 0 Å². The Balaban J connectivity index is 1.06. The van der Waals surface area contributed by atoms with Crippen molar-refractivity contribution in [2.24, 2.45) is 0 Å². The van der Waals surface area contributed by atoms with Gasteiger partial charge in [0.05, 0.1) is 0 Å². The molecule has 57 heavy (non-hydrogen) atoms. The Morgan fingerprint density at radius 2 is 0.807 bits per heavy atom. The molecule has 0 unspecified atom stereocenters. The van der Waals surface area contributed by atoms with Crippen molar-refractivity contribution in [3.63, 3.8) is 0 Å². The minimum absolute atomic E-state index is 0.901. The quantitative estimate of drug-likeness (QED) is 0.131. The molecule has 12 aromatic carbocycles. The molecule has 0 amide bonds. The first-order chi connectivity index (χ1) is 28.2. The molecule has 0 radical (unpaired) electrons. The zero-order chi connectivity index (χ0) is 37.2. The highest BCUT2D eigenvalue weighted by molar-refractivity contribution is 6.27. The molecule has 0 aliphatic heterocycles. The largest absolute Gasteiger partial charge is 0.455 e. The van der Waals surface area contributed by atoms with Gasteiger partial charge in [-0.05, 0) is 122 Å². The van der Waals surface area contributed by atoms with Crippen molar-refractivity contribution in [2.75, 3.05) is 0 Å². The van der Waals surface area contributed by atoms with Crippen molar-refractivity contribution in [3.8, 4) is 33.4 Å². The normalized spacial score (nSPS) is 12.2. The van der Waals surface area contributed by atoms with Crippen LogP contribution in [0.5, 0.6) is 0 Å². The molecule has 1 nitrogen and oxygen atoms in total. The highest BCUT2D eigenvalue weighted by atomic mass is 16.3. The summed E-state index contributed by atoms with van der Waals surface area (Å²) in [6.07, 6.45) is 0. The maximum absolute atomic E-state index is 7.09. The minimum Gasteiger partial charge on any atom is -0.455 e. The second-order valence-electron chi connectivity index (χ2n) is 15.6. The predicted octanol–water partition coefficient (Wildman–Crippen LogP) is 16.1. The number of hydrogen-bond acceptors (Lipinski definition) is 1. The van der Waals surface area contributed by atoms with Crippen LogP contribution in [0.2, 0.25) is 0 Å². The van der Waals surface area contributed by atoms with E-state index in [0.29, 0.717) is 0 Å². The zero-order valence-corrected chi connectivity index (χ0v) is 30.9. The Hall–Kier alpha value is -7.48. The van der Waals surface area contributed by atoms with E-state index >= 15 is 0 Å². The summed E-state index contributed by atoms with van der Waals surface area (Å²) in [5.41, 5.74) is 8.93. The van der Waals surface area contributed by atoms with Crippen LogP contribution < -0.4 is 0 Å². The molecule has 0 saturated carbocycles. The first-order valence-electron chi connectivity index (χ1n) is 19.7. The standard InChI is InChI=1S/C56H32O/c1-2-10-40-32-51-50(30-39(40)9-1)55-45(35-18-16-34(17-19-35)43-25-23-38-21-20-36-12-7-13-37-24-27-46(43)53(38)52(36)37)28-29-48(56(55)57-51)54-44-15-6-4-11-41(44)31-49-42-14-5-3-8-33(42)22-26-47(49)54/h1-32H. The van der Waals surface area contributed by atoms with Crippen molar-refractivity contribution < 1.29 is 4.42 Å². The van der Waals surface area contributed by atoms with Crippen molar-refractivity contribution in [2.45, 2.75) is 0 Å². The van der Waals surface area contributed by atoms with Crippen LogP contribution in [0.4, 0.5) is 0 Å². The summed E-state index contributed by atoms with van der Waals surface area (Å²) in [5, 5.41) is 19.9. The summed E-state index contributed by atoms with van der Waals surface area (Å²) in [4.78, 5) is 0. The van der Waals surface area contributed by atoms with Gasteiger partial charge in [-0.1, -0.05) is 170 Å². The third kappa shape index (κ3) is 4.40. The van der Waals surface area contributed by atoms with Crippen LogP contribution in [0.15, 0.2) is 199 Å². The molecule has 0 spiro atoms. The molecular weight excluding hydrogens is 689 g/mol. The maximum atomic E-state index is 7.09. The highest BCUT2D eigenvalue weighted by Crippen LogP contribution is 2.48. The van der Waals surface area contributed by atoms with Crippen LogP contribution in [0, 0.1) is 0 Å². The molecule has 0 aliphatic rings. The Kier molecular flexibility index (Phi) is 6.23. The number of rotatable bonds is 3. The summed E-state index contributed by atoms with van der Waals surface area (Å²) < 4.78 is 7.09. The van der Waals surface area contributed by atoms with Crippen molar-refractivity contribution >= 4 is 97.3 Å². The van der Waals surface area contributed by atoms with Crippen molar-refractivity contribution in [1.82, 2.24) is 0 Å². The molecule has 13 rings (SSSR count). The molecule has 13 aromatic rings. The van der Waals surface area contributed by atoms with Crippen LogP contribution >= 0.6 is 0 Å². The molecule has 0 aliphatic carbocycles. The van der Waals surface area contributed by atoms with Crippen LogP contribution in [-0.4, -0.2) is 0 Å². The van der Waals surface area contributed by atoms with Gasteiger partial charge in [-0.2, -0.15) is 0 Å². The van der Waals surface area contributed by atoms with Gasteiger partial charge >= 0.3 is 0 Å². The van der Waals surface area contributed by atoms with Crippen LogP contribution in [-0.2, 0) is 0 Å². The van der Waals surface area contributed by atoms with E-state index < -0.39 is 0 Å². The molecule has 0 atom stereocenters. The SMILES string of the molecule is c1ccc2cc3c(cc2c1)oc1c(-c2c4ccccc4cc4c2ccc2ccccc24)ccc(-c2ccc(-c4ccc5ccc6cccc7ccc4c5c67)cc2)c13. The third-order valence-electron chi connectivity index (χ3n) is 12.6. The average Bonchev–Trinajstić information content (AvgIpc) is 3.65. The van der Waals surface area contributed by atoms with Crippen LogP contribution in [0.1, 0.15) is 0 Å². The first-order valence-corrected chi connectivity index (χ1v) is 19.7. The van der Waals surface area contributed by atoms with E-state index in [0.717, 1.165) is 33.1 Å². The molecule has 1 heteroatoms. The van der Waals surface area contributed by atoms with Crippen LogP contribution in [0.3, 0.4) is 0 Å². The lowest BCUT2D eigenvalue weighted by Crippen LogP contribution is -1.89. The fraction of sp³-hybridized carbons (Fsp3) is 0. The summed E-state index contributed by atoms with van der Waals surface area (Å²) >= 11 is 0. The smallest absolute Gasteiger partial charge is 0.143 e. The summed E-state index contributed by atoms with van der Waals surface area (Å²) in [6, 6.07) is 71.6. The second kappa shape index (κ2) is 11.5. The van der Waals surface area contributed by atoms with E-state index in [-0.39, 0.29) is 0 Å². The number of benzene rings is 12. The molecule has 1 heterocycles. The topological polar surface area (TPSA) is 13.1 Å². The Bertz CT molecular complexity index is 3770. The monoisotopic (exact) mass is 720 g/mol. The van der Waals surface area contributed by atoms with E-state index in [1.54, 1.807) is 0 Å². The van der Waals surface area contributed by atoms with Gasteiger partial charge in [0.25, 0.3) is 0 Å². The van der Waals surface area contributed by atoms with Gasteiger partial charge in [-0.3, -0.25) is 0 Å². The van der Waals surface area contributed by atoms with Gasteiger partial charge < -0.3 is 4.42 Å². The van der Waals surface area contributed by atoms with Crippen molar-refractivity contribution in [1.29, 1.82) is 0 Å². The summed E-state index contributed by atoms with van der Waals surface area (Å²) in [6.45, 7) is 0. The van der Waals surface area contributed by atoms with Gasteiger partial charge in [-0.25, -0.2) is 0 Å². The van der Waals surface area contributed by atoms with Crippen molar-refractivity contribution in [3.05, 3.63) is 194 Å². The highest BCUT2D eigenvalue weighted by Gasteiger charge is 2.22. The lowest BCUT2D eigenvalue weighted by molar-refractivity contribution is 0.670. The predicted molar refractivity (Wildman–Crippen MR) is 244 cm³/mol. The third-order valence-corrected chi connectivity index (χ3v) is 12.6. The van der Waals surface area contributed by atoms with Gasteiger partial charge in [-0.15, -0.1) is 0 Å². The fourth-order valence-corrected chi connectivity index (χ4v) is 9.93.